The highest BCUT2D eigenvalue weighted by Crippen LogP contribution is 2.29. The van der Waals surface area contributed by atoms with Gasteiger partial charge in [0.05, 0.1) is 9.82 Å². The van der Waals surface area contributed by atoms with Gasteiger partial charge in [0.2, 0.25) is 10.0 Å². The van der Waals surface area contributed by atoms with Gasteiger partial charge in [-0.1, -0.05) is 6.92 Å². The van der Waals surface area contributed by atoms with Crippen molar-refractivity contribution in [3.63, 3.8) is 0 Å². The Labute approximate surface area is 125 Å². The van der Waals surface area contributed by atoms with Crippen molar-refractivity contribution < 1.29 is 13.3 Å². The van der Waals surface area contributed by atoms with E-state index in [1.807, 2.05) is 6.92 Å². The number of nitrogens with zero attached hydrogens (tertiary/aromatic N) is 2. The first-order chi connectivity index (χ1) is 9.71. The minimum absolute atomic E-state index is 0.0764. The van der Waals surface area contributed by atoms with Crippen molar-refractivity contribution in [2.24, 2.45) is 0 Å². The minimum Gasteiger partial charge on any atom is -0.380 e. The number of nitrogens with one attached hydrogen (secondary N) is 1. The number of sulfonamides is 1. The van der Waals surface area contributed by atoms with Crippen LogP contribution >= 0.6 is 0 Å². The van der Waals surface area contributed by atoms with Crippen molar-refractivity contribution in [2.45, 2.75) is 38.1 Å². The van der Waals surface area contributed by atoms with Gasteiger partial charge in [-0.15, -0.1) is 0 Å². The largest absolute Gasteiger partial charge is 0.380 e. The number of rotatable bonds is 7. The molecule has 0 spiro atoms. The van der Waals surface area contributed by atoms with Gasteiger partial charge in [0.1, 0.15) is 5.69 Å². The molecule has 0 heterocycles. The summed E-state index contributed by atoms with van der Waals surface area (Å²) in [7, 11) is -2.28. The second-order valence-corrected chi connectivity index (χ2v) is 6.98. The molecule has 118 valence electrons. The van der Waals surface area contributed by atoms with Crippen molar-refractivity contribution in [3.8, 4) is 0 Å². The molecule has 0 aliphatic rings. The van der Waals surface area contributed by atoms with Crippen molar-refractivity contribution >= 4 is 21.4 Å². The van der Waals surface area contributed by atoms with E-state index in [2.05, 4.69) is 5.32 Å². The maximum atomic E-state index is 12.4. The maximum absolute atomic E-state index is 12.4. The Balaban J connectivity index is 3.29. The summed E-state index contributed by atoms with van der Waals surface area (Å²) >= 11 is 0. The van der Waals surface area contributed by atoms with E-state index in [4.69, 9.17) is 0 Å². The average Bonchev–Trinajstić information content (AvgIpc) is 2.43. The topological polar surface area (TPSA) is 92.6 Å². The predicted octanol–water partition coefficient (Wildman–Crippen LogP) is 2.45. The van der Waals surface area contributed by atoms with Gasteiger partial charge in [0, 0.05) is 25.7 Å². The van der Waals surface area contributed by atoms with Crippen LogP contribution in [0.15, 0.2) is 23.1 Å². The van der Waals surface area contributed by atoms with E-state index in [1.165, 1.54) is 23.5 Å². The first-order valence-corrected chi connectivity index (χ1v) is 8.16. The Morgan fingerprint density at radius 3 is 2.48 bits per heavy atom. The molecular weight excluding hydrogens is 294 g/mol. The van der Waals surface area contributed by atoms with E-state index in [0.29, 0.717) is 12.2 Å². The summed E-state index contributed by atoms with van der Waals surface area (Å²) in [5.74, 6) is 0. The Hall–Kier alpha value is -1.67. The van der Waals surface area contributed by atoms with Gasteiger partial charge >= 0.3 is 0 Å². The third-order valence-corrected chi connectivity index (χ3v) is 5.17. The van der Waals surface area contributed by atoms with Gasteiger partial charge in [-0.2, -0.15) is 4.31 Å². The third-order valence-electron chi connectivity index (χ3n) is 3.14. The number of hydrogen-bond donors (Lipinski definition) is 1. The highest BCUT2D eigenvalue weighted by molar-refractivity contribution is 7.89. The van der Waals surface area contributed by atoms with Crippen molar-refractivity contribution in [3.05, 3.63) is 28.3 Å². The number of benzene rings is 1. The molecule has 0 aliphatic heterocycles. The number of hydrogen-bond acceptors (Lipinski definition) is 5. The normalized spacial score (nSPS) is 11.9. The lowest BCUT2D eigenvalue weighted by Gasteiger charge is -2.21. The molecule has 0 saturated heterocycles. The highest BCUT2D eigenvalue weighted by atomic mass is 32.2. The molecule has 0 radical (unpaired) electrons. The monoisotopic (exact) mass is 315 g/mol. The minimum atomic E-state index is -3.73. The lowest BCUT2D eigenvalue weighted by molar-refractivity contribution is -0.384. The van der Waals surface area contributed by atoms with E-state index in [9.17, 15) is 18.5 Å². The molecule has 1 rings (SSSR count). The second-order valence-electron chi connectivity index (χ2n) is 4.98. The standard InChI is InChI=1S/C13H21N3O4S/c1-5-8-14-12-7-6-11(9-13(12)16(17)18)21(19,20)15(4)10(2)3/h6-7,9-10,14H,5,8H2,1-4H3. The fourth-order valence-corrected chi connectivity index (χ4v) is 3.06. The van der Waals surface area contributed by atoms with Crippen molar-refractivity contribution in [1.82, 2.24) is 4.31 Å². The van der Waals surface area contributed by atoms with Crippen LogP contribution in [0.3, 0.4) is 0 Å². The van der Waals surface area contributed by atoms with E-state index in [1.54, 1.807) is 13.8 Å². The van der Waals surface area contributed by atoms with Crippen LogP contribution in [-0.2, 0) is 10.0 Å². The molecule has 1 aromatic rings. The highest BCUT2D eigenvalue weighted by Gasteiger charge is 2.26. The number of nitro benzene ring substituents is 1. The van der Waals surface area contributed by atoms with Crippen LogP contribution in [-0.4, -0.2) is 37.3 Å². The van der Waals surface area contributed by atoms with E-state index >= 15 is 0 Å². The summed E-state index contributed by atoms with van der Waals surface area (Å²) in [6.45, 7) is 6.00. The SMILES string of the molecule is CCCNc1ccc(S(=O)(=O)N(C)C(C)C)cc1[N+](=O)[O-]. The first kappa shape index (κ1) is 17.4. The number of nitro groups is 1. The average molecular weight is 315 g/mol. The molecule has 0 aromatic heterocycles. The van der Waals surface area contributed by atoms with Gasteiger partial charge < -0.3 is 5.32 Å². The Morgan fingerprint density at radius 2 is 2.00 bits per heavy atom. The number of anilines is 1. The van der Waals surface area contributed by atoms with E-state index < -0.39 is 14.9 Å². The molecule has 8 heteroatoms. The van der Waals surface area contributed by atoms with Crippen LogP contribution in [0.5, 0.6) is 0 Å². The van der Waals surface area contributed by atoms with Gasteiger partial charge in [-0.25, -0.2) is 8.42 Å². The molecule has 0 amide bonds. The zero-order valence-electron chi connectivity index (χ0n) is 12.7. The fraction of sp³-hybridized carbons (Fsp3) is 0.538. The van der Waals surface area contributed by atoms with Crippen LogP contribution in [0.4, 0.5) is 11.4 Å². The summed E-state index contributed by atoms with van der Waals surface area (Å²) in [5, 5.41) is 14.0. The summed E-state index contributed by atoms with van der Waals surface area (Å²) < 4.78 is 25.9. The van der Waals surface area contributed by atoms with Crippen molar-refractivity contribution in [1.29, 1.82) is 0 Å². The molecule has 0 unspecified atom stereocenters. The molecule has 1 aromatic carbocycles. The molecule has 21 heavy (non-hydrogen) atoms. The summed E-state index contributed by atoms with van der Waals surface area (Å²) in [5.41, 5.74) is 0.0923. The Morgan fingerprint density at radius 1 is 1.38 bits per heavy atom. The van der Waals surface area contributed by atoms with E-state index in [-0.39, 0.29) is 16.6 Å². The van der Waals surface area contributed by atoms with Crippen LogP contribution in [0.1, 0.15) is 27.2 Å². The van der Waals surface area contributed by atoms with Crippen molar-refractivity contribution in [2.75, 3.05) is 18.9 Å². The predicted molar refractivity (Wildman–Crippen MR) is 82.0 cm³/mol. The quantitative estimate of drug-likeness (QED) is 0.616. The molecular formula is C13H21N3O4S. The Bertz CT molecular complexity index is 614. The van der Waals surface area contributed by atoms with Crippen LogP contribution in [0.2, 0.25) is 0 Å². The molecule has 7 nitrogen and oxygen atoms in total. The summed E-state index contributed by atoms with van der Waals surface area (Å²) in [6, 6.07) is 3.70. The maximum Gasteiger partial charge on any atom is 0.293 e. The lowest BCUT2D eigenvalue weighted by atomic mass is 10.2. The second kappa shape index (κ2) is 6.86. The molecule has 0 bridgehead atoms. The summed E-state index contributed by atoms with van der Waals surface area (Å²) in [6.07, 6.45) is 0.813. The van der Waals surface area contributed by atoms with Crippen LogP contribution in [0.25, 0.3) is 0 Å². The zero-order chi connectivity index (χ0) is 16.2. The van der Waals surface area contributed by atoms with Crippen LogP contribution < -0.4 is 5.32 Å². The Kier molecular flexibility index (Phi) is 5.68. The van der Waals surface area contributed by atoms with Gasteiger partial charge in [0.15, 0.2) is 0 Å². The summed E-state index contributed by atoms with van der Waals surface area (Å²) in [4.78, 5) is 10.5. The zero-order valence-corrected chi connectivity index (χ0v) is 13.5. The van der Waals surface area contributed by atoms with Gasteiger partial charge in [0.25, 0.3) is 5.69 Å². The third kappa shape index (κ3) is 3.92. The lowest BCUT2D eigenvalue weighted by Crippen LogP contribution is -2.33. The van der Waals surface area contributed by atoms with Gasteiger partial charge in [-0.05, 0) is 32.4 Å². The molecule has 0 saturated carbocycles. The van der Waals surface area contributed by atoms with Crippen LogP contribution in [0, 0.1) is 10.1 Å². The van der Waals surface area contributed by atoms with Gasteiger partial charge in [-0.3, -0.25) is 10.1 Å². The fourth-order valence-electron chi connectivity index (χ4n) is 1.68. The molecule has 1 N–H and O–H groups in total. The molecule has 0 fully saturated rings. The molecule has 0 atom stereocenters. The smallest absolute Gasteiger partial charge is 0.293 e. The molecule has 0 aliphatic carbocycles. The van der Waals surface area contributed by atoms with E-state index in [0.717, 1.165) is 12.5 Å². The first-order valence-electron chi connectivity index (χ1n) is 6.72.